The van der Waals surface area contributed by atoms with E-state index in [2.05, 4.69) is 15.2 Å². The van der Waals surface area contributed by atoms with Crippen LogP contribution in [0.5, 0.6) is 0 Å². The zero-order chi connectivity index (χ0) is 15.4. The molecule has 4 nitrogen and oxygen atoms in total. The second kappa shape index (κ2) is 6.83. The first kappa shape index (κ1) is 14.9. The van der Waals surface area contributed by atoms with Crippen LogP contribution in [0.3, 0.4) is 0 Å². The molecule has 1 fully saturated rings. The normalized spacial score (nSPS) is 14.1. The standard InChI is InChI=1S/C17H19N3OS/c1-22-15-7-4-13(5-8-15)17(21)19-14-6-9-16(18-12-14)20-10-2-3-11-20/h4-9,12H,2-3,10-11H2,1H3,(H,19,21). The van der Waals surface area contributed by atoms with Crippen molar-refractivity contribution in [3.8, 4) is 0 Å². The molecule has 2 heterocycles. The Bertz CT molecular complexity index is 634. The van der Waals surface area contributed by atoms with Crippen LogP contribution in [0.1, 0.15) is 23.2 Å². The zero-order valence-electron chi connectivity index (χ0n) is 12.6. The molecule has 1 amide bonds. The number of anilines is 2. The Hall–Kier alpha value is -2.01. The number of rotatable bonds is 4. The Morgan fingerprint density at radius 3 is 2.45 bits per heavy atom. The van der Waals surface area contributed by atoms with Crippen LogP contribution in [0.4, 0.5) is 11.5 Å². The summed E-state index contributed by atoms with van der Waals surface area (Å²) in [6.45, 7) is 2.14. The molecule has 0 atom stereocenters. The molecule has 5 heteroatoms. The number of benzene rings is 1. The summed E-state index contributed by atoms with van der Waals surface area (Å²) in [5.74, 6) is 0.878. The first-order valence-electron chi connectivity index (χ1n) is 7.43. The van der Waals surface area contributed by atoms with Crippen LogP contribution < -0.4 is 10.2 Å². The number of hydrogen-bond acceptors (Lipinski definition) is 4. The number of pyridine rings is 1. The molecule has 1 aliphatic heterocycles. The summed E-state index contributed by atoms with van der Waals surface area (Å²) < 4.78 is 0. The Morgan fingerprint density at radius 2 is 1.86 bits per heavy atom. The molecule has 0 bridgehead atoms. The lowest BCUT2D eigenvalue weighted by atomic mass is 10.2. The number of aromatic nitrogens is 1. The summed E-state index contributed by atoms with van der Waals surface area (Å²) >= 11 is 1.66. The number of nitrogens with zero attached hydrogens (tertiary/aromatic N) is 2. The number of hydrogen-bond donors (Lipinski definition) is 1. The fraction of sp³-hybridized carbons (Fsp3) is 0.294. The molecule has 0 saturated carbocycles. The Balaban J connectivity index is 1.65. The fourth-order valence-electron chi connectivity index (χ4n) is 2.54. The second-order valence-electron chi connectivity index (χ2n) is 5.28. The van der Waals surface area contributed by atoms with Crippen LogP contribution in [0.15, 0.2) is 47.5 Å². The third-order valence-corrected chi connectivity index (χ3v) is 4.53. The van der Waals surface area contributed by atoms with Crippen LogP contribution in [-0.4, -0.2) is 30.2 Å². The average Bonchev–Trinajstić information content (AvgIpc) is 3.10. The van der Waals surface area contributed by atoms with Gasteiger partial charge in [-0.2, -0.15) is 0 Å². The molecule has 0 spiro atoms. The predicted octanol–water partition coefficient (Wildman–Crippen LogP) is 3.66. The van der Waals surface area contributed by atoms with Gasteiger partial charge in [-0.15, -0.1) is 11.8 Å². The van der Waals surface area contributed by atoms with E-state index in [-0.39, 0.29) is 5.91 Å². The molecule has 1 saturated heterocycles. The summed E-state index contributed by atoms with van der Waals surface area (Å²) in [6, 6.07) is 11.5. The Kier molecular flexibility index (Phi) is 4.63. The lowest BCUT2D eigenvalue weighted by Crippen LogP contribution is -2.19. The van der Waals surface area contributed by atoms with Gasteiger partial charge in [-0.05, 0) is 55.5 Å². The first-order valence-corrected chi connectivity index (χ1v) is 8.65. The molecule has 0 unspecified atom stereocenters. The van der Waals surface area contributed by atoms with Gasteiger partial charge in [-0.1, -0.05) is 0 Å². The molecular formula is C17H19N3OS. The van der Waals surface area contributed by atoms with Gasteiger partial charge in [0.15, 0.2) is 0 Å². The molecule has 3 rings (SSSR count). The maximum absolute atomic E-state index is 12.2. The summed E-state index contributed by atoms with van der Waals surface area (Å²) in [4.78, 5) is 20.1. The van der Waals surface area contributed by atoms with Gasteiger partial charge >= 0.3 is 0 Å². The molecule has 1 aliphatic rings. The van der Waals surface area contributed by atoms with E-state index in [0.717, 1.165) is 29.5 Å². The maximum atomic E-state index is 12.2. The first-order chi connectivity index (χ1) is 10.8. The van der Waals surface area contributed by atoms with Gasteiger partial charge in [0, 0.05) is 23.5 Å². The van der Waals surface area contributed by atoms with E-state index in [1.165, 1.54) is 12.8 Å². The van der Waals surface area contributed by atoms with E-state index in [1.54, 1.807) is 18.0 Å². The topological polar surface area (TPSA) is 45.2 Å². The fourth-order valence-corrected chi connectivity index (χ4v) is 2.95. The minimum Gasteiger partial charge on any atom is -0.357 e. The van der Waals surface area contributed by atoms with Gasteiger partial charge in [0.1, 0.15) is 5.82 Å². The van der Waals surface area contributed by atoms with E-state index in [9.17, 15) is 4.79 Å². The maximum Gasteiger partial charge on any atom is 0.255 e. The Morgan fingerprint density at radius 1 is 1.14 bits per heavy atom. The quantitative estimate of drug-likeness (QED) is 0.875. The summed E-state index contributed by atoms with van der Waals surface area (Å²) in [7, 11) is 0. The molecule has 0 radical (unpaired) electrons. The van der Waals surface area contributed by atoms with Gasteiger partial charge in [0.2, 0.25) is 0 Å². The van der Waals surface area contributed by atoms with Crippen molar-refractivity contribution in [2.24, 2.45) is 0 Å². The van der Waals surface area contributed by atoms with Crippen LogP contribution in [0.25, 0.3) is 0 Å². The smallest absolute Gasteiger partial charge is 0.255 e. The van der Waals surface area contributed by atoms with Crippen molar-refractivity contribution in [1.82, 2.24) is 4.98 Å². The third kappa shape index (κ3) is 3.42. The van der Waals surface area contributed by atoms with Crippen molar-refractivity contribution in [1.29, 1.82) is 0 Å². The zero-order valence-corrected chi connectivity index (χ0v) is 13.4. The monoisotopic (exact) mass is 313 g/mol. The van der Waals surface area contributed by atoms with Crippen LogP contribution in [0, 0.1) is 0 Å². The van der Waals surface area contributed by atoms with E-state index in [4.69, 9.17) is 0 Å². The number of carbonyl (C=O) groups excluding carboxylic acids is 1. The highest BCUT2D eigenvalue weighted by Gasteiger charge is 2.13. The highest BCUT2D eigenvalue weighted by molar-refractivity contribution is 7.98. The molecule has 22 heavy (non-hydrogen) atoms. The van der Waals surface area contributed by atoms with Crippen molar-refractivity contribution in [3.05, 3.63) is 48.2 Å². The molecular weight excluding hydrogens is 294 g/mol. The lowest BCUT2D eigenvalue weighted by molar-refractivity contribution is 0.102. The highest BCUT2D eigenvalue weighted by atomic mass is 32.2. The molecule has 1 N–H and O–H groups in total. The van der Waals surface area contributed by atoms with Gasteiger partial charge in [-0.3, -0.25) is 4.79 Å². The highest BCUT2D eigenvalue weighted by Crippen LogP contribution is 2.20. The summed E-state index contributed by atoms with van der Waals surface area (Å²) in [5, 5.41) is 2.89. The van der Waals surface area contributed by atoms with Gasteiger partial charge < -0.3 is 10.2 Å². The van der Waals surface area contributed by atoms with E-state index in [0.29, 0.717) is 5.56 Å². The van der Waals surface area contributed by atoms with Gasteiger partial charge in [0.25, 0.3) is 5.91 Å². The van der Waals surface area contributed by atoms with E-state index < -0.39 is 0 Å². The molecule has 114 valence electrons. The van der Waals surface area contributed by atoms with E-state index in [1.807, 2.05) is 42.7 Å². The number of carbonyl (C=O) groups is 1. The van der Waals surface area contributed by atoms with Gasteiger partial charge in [-0.25, -0.2) is 4.98 Å². The minimum absolute atomic E-state index is 0.108. The van der Waals surface area contributed by atoms with Crippen molar-refractivity contribution in [3.63, 3.8) is 0 Å². The lowest BCUT2D eigenvalue weighted by Gasteiger charge is -2.16. The number of amides is 1. The number of nitrogens with one attached hydrogen (secondary N) is 1. The van der Waals surface area contributed by atoms with Crippen molar-refractivity contribution < 1.29 is 4.79 Å². The summed E-state index contributed by atoms with van der Waals surface area (Å²) in [6.07, 6.45) is 6.20. The average molecular weight is 313 g/mol. The third-order valence-electron chi connectivity index (χ3n) is 3.79. The number of thioether (sulfide) groups is 1. The molecule has 1 aromatic heterocycles. The van der Waals surface area contributed by atoms with E-state index >= 15 is 0 Å². The van der Waals surface area contributed by atoms with Gasteiger partial charge in [0.05, 0.1) is 11.9 Å². The predicted molar refractivity (Wildman–Crippen MR) is 91.9 cm³/mol. The van der Waals surface area contributed by atoms with Crippen LogP contribution >= 0.6 is 11.8 Å². The minimum atomic E-state index is -0.108. The van der Waals surface area contributed by atoms with Crippen LogP contribution in [0.2, 0.25) is 0 Å². The molecule has 2 aromatic rings. The van der Waals surface area contributed by atoms with Crippen molar-refractivity contribution in [2.75, 3.05) is 29.6 Å². The van der Waals surface area contributed by atoms with Crippen molar-refractivity contribution >= 4 is 29.2 Å². The largest absolute Gasteiger partial charge is 0.357 e. The molecule has 0 aliphatic carbocycles. The molecule has 1 aromatic carbocycles. The van der Waals surface area contributed by atoms with Crippen molar-refractivity contribution in [2.45, 2.75) is 17.7 Å². The second-order valence-corrected chi connectivity index (χ2v) is 6.16. The summed E-state index contributed by atoms with van der Waals surface area (Å²) in [5.41, 5.74) is 1.38. The SMILES string of the molecule is CSc1ccc(C(=O)Nc2ccc(N3CCCC3)nc2)cc1. The Labute approximate surface area is 134 Å². The van der Waals surface area contributed by atoms with Crippen LogP contribution in [-0.2, 0) is 0 Å².